The first-order valence-electron chi connectivity index (χ1n) is 14.8. The Morgan fingerprint density at radius 2 is 1.73 bits per heavy atom. The fraction of sp³-hybridized carbons (Fsp3) is 0.206. The summed E-state index contributed by atoms with van der Waals surface area (Å²) in [7, 11) is 1.86. The van der Waals surface area contributed by atoms with E-state index in [1.807, 2.05) is 85.5 Å². The monoisotopic (exact) mass is 675 g/mol. The fourth-order valence-corrected chi connectivity index (χ4v) is 5.13. The molecule has 240 valence electrons. The van der Waals surface area contributed by atoms with E-state index in [4.69, 9.17) is 18.9 Å². The van der Waals surface area contributed by atoms with Gasteiger partial charge in [0, 0.05) is 31.9 Å². The van der Waals surface area contributed by atoms with Crippen LogP contribution in [0.3, 0.4) is 0 Å². The third-order valence-corrected chi connectivity index (χ3v) is 7.19. The number of ether oxygens (including phenoxy) is 4. The summed E-state index contributed by atoms with van der Waals surface area (Å²) in [6.45, 7) is 3.98. The number of benzene rings is 3. The molecule has 0 amide bonds. The van der Waals surface area contributed by atoms with Crippen LogP contribution in [-0.2, 0) is 34.4 Å². The third kappa shape index (κ3) is 7.97. The number of nitrogens with zero attached hydrogens (tertiary/aromatic N) is 5. The number of rotatable bonds is 11. The number of imidazole rings is 1. The molecule has 6 rings (SSSR count). The van der Waals surface area contributed by atoms with Gasteiger partial charge in [0.1, 0.15) is 6.61 Å². The molecule has 14 heteroatoms. The summed E-state index contributed by atoms with van der Waals surface area (Å²) in [4.78, 5) is 45.5. The van der Waals surface area contributed by atoms with Crippen LogP contribution in [0.1, 0.15) is 35.3 Å². The average molecular weight is 676 g/mol. The molecule has 0 fully saturated rings. The summed E-state index contributed by atoms with van der Waals surface area (Å²) in [5, 5.41) is 3.78. The largest absolute Gasteiger partial charge is 1.00 e. The molecule has 1 atom stereocenters. The zero-order chi connectivity index (χ0) is 32.9. The summed E-state index contributed by atoms with van der Waals surface area (Å²) in [6, 6.07) is 22.4. The van der Waals surface area contributed by atoms with E-state index in [9.17, 15) is 14.4 Å². The Labute approximate surface area is 317 Å². The van der Waals surface area contributed by atoms with Crippen molar-refractivity contribution in [3.63, 3.8) is 0 Å². The molecule has 6 aromatic rings. The first-order chi connectivity index (χ1) is 22.8. The van der Waals surface area contributed by atoms with Crippen LogP contribution < -0.4 is 66.9 Å². The number of carbonyl (C=O) groups excluding carboxylic acids is 2. The van der Waals surface area contributed by atoms with Gasteiger partial charge in [-0.2, -0.15) is 4.98 Å². The minimum Gasteiger partial charge on any atom is -0.465 e. The molecule has 0 spiro atoms. The van der Waals surface area contributed by atoms with Gasteiger partial charge >= 0.3 is 69.3 Å². The van der Waals surface area contributed by atoms with Crippen molar-refractivity contribution in [2.75, 3.05) is 6.61 Å². The average Bonchev–Trinajstić information content (AvgIpc) is 3.78. The Morgan fingerprint density at radius 3 is 2.42 bits per heavy atom. The van der Waals surface area contributed by atoms with Gasteiger partial charge in [0.15, 0.2) is 0 Å². The molecule has 0 saturated carbocycles. The molecule has 3 aromatic heterocycles. The predicted molar refractivity (Wildman–Crippen MR) is 169 cm³/mol. The minimum absolute atomic E-state index is 0. The molecule has 0 bridgehead atoms. The van der Waals surface area contributed by atoms with E-state index in [2.05, 4.69) is 19.6 Å². The SMILES string of the molecule is CCOc1nc2cccc(C(=O)OC(C)OC(=O)OCc3ccn(C)c3)c2n1Cc1ccc(-c2ccccc2-c2noc(=O)[n-]2)cc1.[K+]. The number of hydrogen-bond donors (Lipinski definition) is 0. The molecular formula is C34H30KN5O8. The third-order valence-electron chi connectivity index (χ3n) is 7.19. The van der Waals surface area contributed by atoms with Gasteiger partial charge in [0.25, 0.3) is 6.01 Å². The Balaban J connectivity index is 0.00000451. The van der Waals surface area contributed by atoms with E-state index in [0.717, 1.165) is 22.3 Å². The minimum atomic E-state index is -1.22. The van der Waals surface area contributed by atoms with Crippen LogP contribution in [-0.4, -0.2) is 44.3 Å². The second kappa shape index (κ2) is 15.6. The molecule has 0 aliphatic rings. The van der Waals surface area contributed by atoms with Gasteiger partial charge in [0.05, 0.1) is 29.7 Å². The second-order valence-corrected chi connectivity index (χ2v) is 10.5. The van der Waals surface area contributed by atoms with Gasteiger partial charge in [-0.05, 0) is 53.2 Å². The van der Waals surface area contributed by atoms with Crippen LogP contribution in [0.4, 0.5) is 4.79 Å². The van der Waals surface area contributed by atoms with Gasteiger partial charge in [-0.15, -0.1) is 0 Å². The molecule has 3 aromatic carbocycles. The number of esters is 1. The molecule has 3 heterocycles. The van der Waals surface area contributed by atoms with E-state index in [0.29, 0.717) is 35.8 Å². The number of hydrogen-bond acceptors (Lipinski definition) is 10. The standard InChI is InChI=1S/C34H31N5O8.K/c1-4-43-32-35-28-11-7-10-27(31(40)45-21(2)46-34(42)44-20-23-16-17-38(3)18-23)29(28)39(32)19-22-12-14-24(15-13-22)25-8-5-6-9-26(25)30-36-33(41)47-37-30;/h5-18,21H,4,19-20H2,1-3H3,(H,36,37,41);/q;+1/p-1. The number of aryl methyl sites for hydroxylation is 1. The molecule has 0 aliphatic carbocycles. The molecule has 48 heavy (non-hydrogen) atoms. The molecule has 1 unspecified atom stereocenters. The van der Waals surface area contributed by atoms with Crippen LogP contribution in [0, 0.1) is 0 Å². The van der Waals surface area contributed by atoms with Crippen LogP contribution in [0.2, 0.25) is 0 Å². The Bertz CT molecular complexity index is 2100. The zero-order valence-corrected chi connectivity index (χ0v) is 29.9. The van der Waals surface area contributed by atoms with Crippen molar-refractivity contribution >= 4 is 23.2 Å². The van der Waals surface area contributed by atoms with Gasteiger partial charge in [0.2, 0.25) is 6.29 Å². The van der Waals surface area contributed by atoms with Gasteiger partial charge < -0.3 is 33.0 Å². The van der Waals surface area contributed by atoms with Gasteiger partial charge in [-0.1, -0.05) is 54.6 Å². The topological polar surface area (TPSA) is 151 Å². The van der Waals surface area contributed by atoms with Crippen molar-refractivity contribution in [1.29, 1.82) is 0 Å². The van der Waals surface area contributed by atoms with Crippen molar-refractivity contribution in [2.24, 2.45) is 7.05 Å². The van der Waals surface area contributed by atoms with Crippen molar-refractivity contribution in [3.8, 4) is 28.5 Å². The van der Waals surface area contributed by atoms with Crippen molar-refractivity contribution in [3.05, 3.63) is 112 Å². The van der Waals surface area contributed by atoms with E-state index in [1.54, 1.807) is 22.8 Å². The van der Waals surface area contributed by atoms with E-state index < -0.39 is 24.2 Å². The van der Waals surface area contributed by atoms with E-state index in [-0.39, 0.29) is 69.4 Å². The number of aromatic nitrogens is 5. The van der Waals surface area contributed by atoms with Gasteiger partial charge in [-0.25, -0.2) is 14.4 Å². The van der Waals surface area contributed by atoms with Crippen LogP contribution in [0.5, 0.6) is 6.01 Å². The normalized spacial score (nSPS) is 11.5. The Morgan fingerprint density at radius 1 is 0.958 bits per heavy atom. The van der Waals surface area contributed by atoms with E-state index >= 15 is 0 Å². The summed E-state index contributed by atoms with van der Waals surface area (Å²) < 4.78 is 29.9. The summed E-state index contributed by atoms with van der Waals surface area (Å²) in [5.74, 6) is -1.25. The van der Waals surface area contributed by atoms with Crippen molar-refractivity contribution in [2.45, 2.75) is 33.3 Å². The summed E-state index contributed by atoms with van der Waals surface area (Å²) >= 11 is 0. The molecule has 0 N–H and O–H groups in total. The Hall–Kier alpha value is -4.47. The quantitative estimate of drug-likeness (QED) is 0.113. The van der Waals surface area contributed by atoms with Crippen LogP contribution in [0.15, 0.2) is 94.5 Å². The molecule has 0 radical (unpaired) electrons. The molecule has 13 nitrogen and oxygen atoms in total. The van der Waals surface area contributed by atoms with Crippen molar-refractivity contribution in [1.82, 2.24) is 24.3 Å². The molecule has 0 saturated heterocycles. The zero-order valence-electron chi connectivity index (χ0n) is 26.8. The van der Waals surface area contributed by atoms with E-state index in [1.165, 1.54) is 6.92 Å². The smallest absolute Gasteiger partial charge is 0.465 e. The Kier molecular flexibility index (Phi) is 11.3. The molecule has 0 aliphatic heterocycles. The maximum Gasteiger partial charge on any atom is 1.00 e. The molecular weight excluding hydrogens is 645 g/mol. The van der Waals surface area contributed by atoms with Gasteiger partial charge in [-0.3, -0.25) is 9.72 Å². The van der Waals surface area contributed by atoms with Crippen LogP contribution in [0.25, 0.3) is 33.5 Å². The van der Waals surface area contributed by atoms with Crippen LogP contribution >= 0.6 is 0 Å². The maximum absolute atomic E-state index is 13.4. The summed E-state index contributed by atoms with van der Waals surface area (Å²) in [6.07, 6.45) is 1.46. The first-order valence-corrected chi connectivity index (χ1v) is 14.8. The predicted octanol–water partition coefficient (Wildman–Crippen LogP) is 2.32. The fourth-order valence-electron chi connectivity index (χ4n) is 5.13. The van der Waals surface area contributed by atoms with Crippen molar-refractivity contribution < 1.29 is 84.4 Å². The first kappa shape index (κ1) is 34.8. The number of fused-ring (bicyclic) bond motifs is 1. The maximum atomic E-state index is 13.4. The second-order valence-electron chi connectivity index (χ2n) is 10.5. The summed E-state index contributed by atoms with van der Waals surface area (Å²) in [5.41, 5.74) is 5.31. The number of carbonyl (C=O) groups is 2. The number of para-hydroxylation sites is 1.